The summed E-state index contributed by atoms with van der Waals surface area (Å²) < 4.78 is 0. The number of halogens is 2. The van der Waals surface area contributed by atoms with Gasteiger partial charge in [-0.3, -0.25) is 4.79 Å². The predicted molar refractivity (Wildman–Crippen MR) is 86.9 cm³/mol. The monoisotopic (exact) mass is 340 g/mol. The number of amides is 1. The van der Waals surface area contributed by atoms with E-state index in [1.807, 2.05) is 13.1 Å². The molecule has 2 N–H and O–H groups in total. The highest BCUT2D eigenvalue weighted by Crippen LogP contribution is 2.28. The Bertz CT molecular complexity index is 592. The highest BCUT2D eigenvalue weighted by Gasteiger charge is 2.35. The van der Waals surface area contributed by atoms with Crippen LogP contribution in [0.2, 0.25) is 10.0 Å². The zero-order valence-electron chi connectivity index (χ0n) is 12.6. The maximum atomic E-state index is 12.2. The summed E-state index contributed by atoms with van der Waals surface area (Å²) in [7, 11) is 1.93. The molecule has 1 atom stereocenters. The second kappa shape index (κ2) is 7.32. The molecule has 0 radical (unpaired) electrons. The minimum Gasteiger partial charge on any atom is -0.333 e. The molecule has 1 aromatic rings. The first kappa shape index (κ1) is 17.1. The molecule has 0 bridgehead atoms. The lowest BCUT2D eigenvalue weighted by atomic mass is 10.00. The summed E-state index contributed by atoms with van der Waals surface area (Å²) in [5.41, 5.74) is 0.294. The molecule has 1 unspecified atom stereocenters. The normalized spacial score (nSPS) is 17.7. The van der Waals surface area contributed by atoms with Gasteiger partial charge in [-0.2, -0.15) is 5.26 Å². The maximum Gasteiger partial charge on any atom is 0.276 e. The van der Waals surface area contributed by atoms with Gasteiger partial charge in [0.25, 0.3) is 5.91 Å². The molecular weight excluding hydrogens is 321 g/mol. The van der Waals surface area contributed by atoms with Gasteiger partial charge in [-0.1, -0.05) is 29.3 Å². The molecule has 2 rings (SSSR count). The molecule has 6 heteroatoms. The third kappa shape index (κ3) is 4.36. The van der Waals surface area contributed by atoms with Crippen LogP contribution >= 0.6 is 23.2 Å². The number of likely N-dealkylation sites (N-methyl/N-ethyl adjacent to an activating group) is 1. The summed E-state index contributed by atoms with van der Waals surface area (Å²) in [5, 5.41) is 13.4. The van der Waals surface area contributed by atoms with Gasteiger partial charge in [0.15, 0.2) is 6.54 Å². The number of benzene rings is 1. The number of nitriles is 1. The minimum absolute atomic E-state index is 0.0916. The smallest absolute Gasteiger partial charge is 0.276 e. The largest absolute Gasteiger partial charge is 0.333 e. The van der Waals surface area contributed by atoms with Gasteiger partial charge in [-0.25, -0.2) is 0 Å². The predicted octanol–water partition coefficient (Wildman–Crippen LogP) is 1.96. The van der Waals surface area contributed by atoms with E-state index < -0.39 is 5.54 Å². The molecule has 0 heterocycles. The fourth-order valence-electron chi connectivity index (χ4n) is 2.88. The fourth-order valence-corrected chi connectivity index (χ4v) is 3.36. The van der Waals surface area contributed by atoms with Crippen LogP contribution in [0.4, 0.5) is 0 Å². The van der Waals surface area contributed by atoms with E-state index in [-0.39, 0.29) is 5.91 Å². The Morgan fingerprint density at radius 1 is 1.41 bits per heavy atom. The minimum atomic E-state index is -0.657. The van der Waals surface area contributed by atoms with Crippen LogP contribution < -0.4 is 10.2 Å². The second-order valence-corrected chi connectivity index (χ2v) is 6.84. The van der Waals surface area contributed by atoms with Crippen molar-refractivity contribution in [2.45, 2.75) is 37.8 Å². The molecule has 0 aliphatic heterocycles. The Labute approximate surface area is 141 Å². The highest BCUT2D eigenvalue weighted by molar-refractivity contribution is 6.35. The quantitative estimate of drug-likeness (QED) is 0.860. The highest BCUT2D eigenvalue weighted by atomic mass is 35.5. The van der Waals surface area contributed by atoms with Crippen LogP contribution in [0.5, 0.6) is 0 Å². The van der Waals surface area contributed by atoms with Crippen molar-refractivity contribution in [2.24, 2.45) is 0 Å². The first-order valence-electron chi connectivity index (χ1n) is 7.42. The van der Waals surface area contributed by atoms with Gasteiger partial charge in [0.05, 0.1) is 18.1 Å². The number of rotatable bonds is 5. The van der Waals surface area contributed by atoms with Crippen LogP contribution in [0.1, 0.15) is 31.2 Å². The Balaban J connectivity index is 1.90. The van der Waals surface area contributed by atoms with E-state index in [1.54, 1.807) is 12.1 Å². The van der Waals surface area contributed by atoms with E-state index >= 15 is 0 Å². The van der Waals surface area contributed by atoms with Crippen LogP contribution in [0.3, 0.4) is 0 Å². The van der Waals surface area contributed by atoms with Gasteiger partial charge in [0.1, 0.15) is 12.1 Å². The molecule has 0 spiro atoms. The van der Waals surface area contributed by atoms with Gasteiger partial charge in [0, 0.05) is 10.6 Å². The van der Waals surface area contributed by atoms with Crippen molar-refractivity contribution in [3.8, 4) is 6.07 Å². The van der Waals surface area contributed by atoms with Gasteiger partial charge >= 0.3 is 0 Å². The molecule has 22 heavy (non-hydrogen) atoms. The van der Waals surface area contributed by atoms with E-state index in [0.717, 1.165) is 36.1 Å². The molecule has 1 fully saturated rings. The maximum absolute atomic E-state index is 12.2. The summed E-state index contributed by atoms with van der Waals surface area (Å²) >= 11 is 12.0. The Morgan fingerprint density at radius 2 is 2.09 bits per heavy atom. The average Bonchev–Trinajstić information content (AvgIpc) is 2.91. The van der Waals surface area contributed by atoms with Crippen molar-refractivity contribution in [1.29, 1.82) is 5.26 Å². The summed E-state index contributed by atoms with van der Waals surface area (Å²) in [6.45, 7) is 0.936. The molecule has 1 aliphatic carbocycles. The number of quaternary nitrogens is 1. The zero-order chi connectivity index (χ0) is 16.2. The van der Waals surface area contributed by atoms with Crippen molar-refractivity contribution in [2.75, 3.05) is 13.6 Å². The molecule has 1 aliphatic rings. The third-order valence-corrected chi connectivity index (χ3v) is 4.61. The number of nitrogens with one attached hydrogen (secondary N) is 2. The van der Waals surface area contributed by atoms with Gasteiger partial charge in [-0.15, -0.1) is 0 Å². The number of hydrogen-bond donors (Lipinski definition) is 2. The Kier molecular flexibility index (Phi) is 5.69. The van der Waals surface area contributed by atoms with Crippen molar-refractivity contribution < 1.29 is 9.69 Å². The molecule has 118 valence electrons. The Hall–Kier alpha value is -1.28. The Morgan fingerprint density at radius 3 is 2.68 bits per heavy atom. The van der Waals surface area contributed by atoms with E-state index in [9.17, 15) is 10.1 Å². The summed E-state index contributed by atoms with van der Waals surface area (Å²) in [6.07, 6.45) is 3.49. The summed E-state index contributed by atoms with van der Waals surface area (Å²) in [6, 6.07) is 7.64. The molecular formula is C16H20Cl2N3O+. The molecule has 0 aromatic heterocycles. The van der Waals surface area contributed by atoms with Gasteiger partial charge in [-0.05, 0) is 37.8 Å². The lowest BCUT2D eigenvalue weighted by molar-refractivity contribution is -0.885. The van der Waals surface area contributed by atoms with E-state index in [0.29, 0.717) is 23.1 Å². The van der Waals surface area contributed by atoms with Crippen LogP contribution in [0.15, 0.2) is 18.2 Å². The van der Waals surface area contributed by atoms with E-state index in [4.69, 9.17) is 23.2 Å². The number of nitrogens with zero attached hydrogens (tertiary/aromatic N) is 1. The van der Waals surface area contributed by atoms with Crippen molar-refractivity contribution >= 4 is 29.1 Å². The number of carbonyl (C=O) groups excluding carboxylic acids is 1. The van der Waals surface area contributed by atoms with Crippen LogP contribution in [-0.2, 0) is 11.3 Å². The van der Waals surface area contributed by atoms with Crippen molar-refractivity contribution in [3.05, 3.63) is 33.8 Å². The second-order valence-electron chi connectivity index (χ2n) is 6.00. The lowest BCUT2D eigenvalue weighted by Crippen LogP contribution is -3.09. The summed E-state index contributed by atoms with van der Waals surface area (Å²) in [4.78, 5) is 13.2. The zero-order valence-corrected chi connectivity index (χ0v) is 14.1. The summed E-state index contributed by atoms with van der Waals surface area (Å²) in [5.74, 6) is -0.0916. The molecule has 1 aromatic carbocycles. The lowest BCUT2D eigenvalue weighted by Gasteiger charge is -2.23. The van der Waals surface area contributed by atoms with Gasteiger partial charge < -0.3 is 10.2 Å². The van der Waals surface area contributed by atoms with Crippen LogP contribution in [0, 0.1) is 11.3 Å². The topological polar surface area (TPSA) is 57.3 Å². The van der Waals surface area contributed by atoms with Crippen LogP contribution in [0.25, 0.3) is 0 Å². The number of carbonyl (C=O) groups is 1. The SMILES string of the molecule is C[NH+](CC(=O)NC1(C#N)CCCC1)Cc1ccc(Cl)cc1Cl. The molecule has 4 nitrogen and oxygen atoms in total. The first-order chi connectivity index (χ1) is 10.4. The van der Waals surface area contributed by atoms with E-state index in [1.165, 1.54) is 0 Å². The molecule has 1 amide bonds. The van der Waals surface area contributed by atoms with Crippen molar-refractivity contribution in [3.63, 3.8) is 0 Å². The fraction of sp³-hybridized carbons (Fsp3) is 0.500. The standard InChI is InChI=1S/C16H19Cl2N3O/c1-21(9-12-4-5-13(17)8-14(12)18)10-15(22)20-16(11-19)6-2-3-7-16/h4-5,8H,2-3,6-7,9-10H2,1H3,(H,20,22)/p+1. The van der Waals surface area contributed by atoms with Gasteiger partial charge in [0.2, 0.25) is 0 Å². The van der Waals surface area contributed by atoms with Crippen molar-refractivity contribution in [1.82, 2.24) is 5.32 Å². The molecule has 1 saturated carbocycles. The average molecular weight is 341 g/mol. The van der Waals surface area contributed by atoms with Crippen LogP contribution in [-0.4, -0.2) is 25.0 Å². The first-order valence-corrected chi connectivity index (χ1v) is 8.17. The molecule has 0 saturated heterocycles. The third-order valence-electron chi connectivity index (χ3n) is 4.02. The number of hydrogen-bond acceptors (Lipinski definition) is 2. The van der Waals surface area contributed by atoms with E-state index in [2.05, 4.69) is 11.4 Å².